The van der Waals surface area contributed by atoms with Gasteiger partial charge in [-0.25, -0.2) is 5.43 Å². The van der Waals surface area contributed by atoms with E-state index in [4.69, 9.17) is 9.47 Å². The lowest BCUT2D eigenvalue weighted by Gasteiger charge is -2.07. The number of hydrogen-bond donors (Lipinski definition) is 2. The molecule has 1 aliphatic rings. The molecule has 1 aromatic heterocycles. The van der Waals surface area contributed by atoms with Gasteiger partial charge in [-0.15, -0.1) is 0 Å². The van der Waals surface area contributed by atoms with Gasteiger partial charge in [-0.3, -0.25) is 4.79 Å². The monoisotopic (exact) mass is 347 g/mol. The number of hydrazone groups is 1. The molecular weight excluding hydrogens is 330 g/mol. The van der Waals surface area contributed by atoms with Crippen molar-refractivity contribution < 1.29 is 14.3 Å². The average Bonchev–Trinajstić information content (AvgIpc) is 3.25. The van der Waals surface area contributed by atoms with Gasteiger partial charge in [-0.1, -0.05) is 18.2 Å². The van der Waals surface area contributed by atoms with Crippen LogP contribution in [-0.2, 0) is 4.79 Å². The number of H-pyrrole nitrogens is 1. The summed E-state index contributed by atoms with van der Waals surface area (Å²) < 4.78 is 10.9. The first-order chi connectivity index (χ1) is 12.7. The van der Waals surface area contributed by atoms with Crippen molar-refractivity contribution in [1.29, 1.82) is 0 Å². The molecule has 0 radical (unpaired) electrons. The van der Waals surface area contributed by atoms with Crippen LogP contribution in [0.3, 0.4) is 0 Å². The fraction of sp³-hybridized carbons (Fsp3) is 0.100. The molecule has 4 rings (SSSR count). The molecule has 3 aromatic rings. The number of ether oxygens (including phenoxy) is 2. The Morgan fingerprint density at radius 3 is 2.65 bits per heavy atom. The van der Waals surface area contributed by atoms with Gasteiger partial charge in [-0.05, 0) is 36.4 Å². The summed E-state index contributed by atoms with van der Waals surface area (Å²) in [7, 11) is 1.61. The van der Waals surface area contributed by atoms with Crippen molar-refractivity contribution >= 4 is 28.6 Å². The quantitative estimate of drug-likeness (QED) is 0.696. The molecular formula is C20H17N3O3. The van der Waals surface area contributed by atoms with Crippen LogP contribution < -0.4 is 14.9 Å². The normalized spacial score (nSPS) is 15.2. The molecule has 1 aliphatic heterocycles. The molecule has 1 amide bonds. The van der Waals surface area contributed by atoms with Crippen LogP contribution in [0.5, 0.6) is 11.5 Å². The third-order valence-electron chi connectivity index (χ3n) is 4.20. The summed E-state index contributed by atoms with van der Waals surface area (Å²) >= 11 is 0. The number of carbonyl (C=O) groups excluding carboxylic acids is 1. The van der Waals surface area contributed by atoms with E-state index in [1.807, 2.05) is 60.8 Å². The van der Waals surface area contributed by atoms with Gasteiger partial charge >= 0.3 is 0 Å². The lowest BCUT2D eigenvalue weighted by atomic mass is 10.1. The molecule has 2 heterocycles. The molecule has 2 aromatic carbocycles. The number of hydrogen-bond acceptors (Lipinski definition) is 4. The Labute approximate surface area is 150 Å². The summed E-state index contributed by atoms with van der Waals surface area (Å²) in [5, 5.41) is 5.15. The Balaban J connectivity index is 1.55. The molecule has 0 bridgehead atoms. The first-order valence-corrected chi connectivity index (χ1v) is 8.16. The zero-order valence-corrected chi connectivity index (χ0v) is 14.2. The third-order valence-corrected chi connectivity index (χ3v) is 4.20. The minimum Gasteiger partial charge on any atom is -0.497 e. The van der Waals surface area contributed by atoms with Crippen LogP contribution in [0.1, 0.15) is 5.56 Å². The van der Waals surface area contributed by atoms with Crippen LogP contribution in [0.15, 0.2) is 65.4 Å². The van der Waals surface area contributed by atoms with Gasteiger partial charge in [0.25, 0.3) is 5.91 Å². The molecule has 0 saturated carbocycles. The number of methoxy groups -OCH3 is 1. The van der Waals surface area contributed by atoms with Crippen molar-refractivity contribution in [3.8, 4) is 11.5 Å². The number of fused-ring (bicyclic) bond motifs is 1. The zero-order valence-electron chi connectivity index (χ0n) is 14.2. The predicted octanol–water partition coefficient (Wildman–Crippen LogP) is 3.12. The molecule has 0 saturated heterocycles. The fourth-order valence-corrected chi connectivity index (χ4v) is 2.82. The van der Waals surface area contributed by atoms with Crippen LogP contribution in [0, 0.1) is 0 Å². The lowest BCUT2D eigenvalue weighted by molar-refractivity contribution is -0.116. The van der Waals surface area contributed by atoms with Gasteiger partial charge < -0.3 is 14.5 Å². The molecule has 130 valence electrons. The Bertz CT molecular complexity index is 1020. The minimum atomic E-state index is -0.233. The molecule has 0 spiro atoms. The lowest BCUT2D eigenvalue weighted by Crippen LogP contribution is -2.16. The van der Waals surface area contributed by atoms with Crippen LogP contribution in [0.4, 0.5) is 0 Å². The van der Waals surface area contributed by atoms with Crippen LogP contribution in [-0.4, -0.2) is 30.3 Å². The summed E-state index contributed by atoms with van der Waals surface area (Å²) in [5.41, 5.74) is 5.53. The summed E-state index contributed by atoms with van der Waals surface area (Å²) in [5.74, 6) is 1.20. The summed E-state index contributed by atoms with van der Waals surface area (Å²) in [4.78, 5) is 15.4. The van der Waals surface area contributed by atoms with Crippen molar-refractivity contribution in [2.45, 2.75) is 0 Å². The molecule has 26 heavy (non-hydrogen) atoms. The summed E-state index contributed by atoms with van der Waals surface area (Å²) in [6.45, 7) is 0.194. The second kappa shape index (κ2) is 6.76. The zero-order chi connectivity index (χ0) is 17.9. The van der Waals surface area contributed by atoms with Crippen LogP contribution >= 0.6 is 0 Å². The number of nitrogens with zero attached hydrogens (tertiary/aromatic N) is 1. The number of amides is 1. The molecule has 0 atom stereocenters. The third kappa shape index (κ3) is 3.04. The first kappa shape index (κ1) is 16.0. The Morgan fingerprint density at radius 2 is 1.85 bits per heavy atom. The number of nitrogens with one attached hydrogen (secondary N) is 2. The number of aromatic nitrogens is 1. The fourth-order valence-electron chi connectivity index (χ4n) is 2.82. The summed E-state index contributed by atoms with van der Waals surface area (Å²) in [6, 6.07) is 15.2. The minimum absolute atomic E-state index is 0.194. The van der Waals surface area contributed by atoms with E-state index in [2.05, 4.69) is 15.5 Å². The maximum absolute atomic E-state index is 12.2. The number of para-hydroxylation sites is 1. The summed E-state index contributed by atoms with van der Waals surface area (Å²) in [6.07, 6.45) is 3.71. The molecule has 0 fully saturated rings. The second-order valence-electron chi connectivity index (χ2n) is 5.81. The Morgan fingerprint density at radius 1 is 1.08 bits per heavy atom. The van der Waals surface area contributed by atoms with E-state index in [1.54, 1.807) is 7.11 Å². The molecule has 6 heteroatoms. The standard InChI is InChI=1S/C20H17N3O3/c1-25-14-6-8-15(9-7-14)26-12-19-17(20(24)23-22-19)10-13-11-21-18-5-3-2-4-16(13)18/h2-11,21H,12H2,1H3,(H,23,24)/b17-10-. The van der Waals surface area contributed by atoms with Gasteiger partial charge in [0.2, 0.25) is 0 Å². The van der Waals surface area contributed by atoms with Gasteiger partial charge in [0, 0.05) is 22.7 Å². The highest BCUT2D eigenvalue weighted by Gasteiger charge is 2.23. The average molecular weight is 347 g/mol. The van der Waals surface area contributed by atoms with Gasteiger partial charge in [0.1, 0.15) is 23.8 Å². The van der Waals surface area contributed by atoms with E-state index in [1.165, 1.54) is 0 Å². The van der Waals surface area contributed by atoms with Crippen molar-refractivity contribution in [1.82, 2.24) is 10.4 Å². The van der Waals surface area contributed by atoms with E-state index >= 15 is 0 Å². The van der Waals surface area contributed by atoms with Gasteiger partial charge in [0.05, 0.1) is 12.7 Å². The van der Waals surface area contributed by atoms with E-state index < -0.39 is 0 Å². The topological polar surface area (TPSA) is 75.7 Å². The van der Waals surface area contributed by atoms with E-state index in [0.717, 1.165) is 22.2 Å². The highest BCUT2D eigenvalue weighted by Crippen LogP contribution is 2.22. The number of aromatic amines is 1. The molecule has 0 aliphatic carbocycles. The highest BCUT2D eigenvalue weighted by atomic mass is 16.5. The number of rotatable bonds is 5. The predicted molar refractivity (Wildman–Crippen MR) is 100 cm³/mol. The van der Waals surface area contributed by atoms with Crippen LogP contribution in [0.2, 0.25) is 0 Å². The SMILES string of the molecule is COc1ccc(OCC2=NNC(=O)/C2=C\c2c[nH]c3ccccc23)cc1. The number of benzene rings is 2. The van der Waals surface area contributed by atoms with Crippen molar-refractivity contribution in [2.24, 2.45) is 5.10 Å². The number of carbonyl (C=O) groups is 1. The van der Waals surface area contributed by atoms with Gasteiger partial charge in [0.15, 0.2) is 0 Å². The van der Waals surface area contributed by atoms with E-state index in [-0.39, 0.29) is 12.5 Å². The van der Waals surface area contributed by atoms with Crippen molar-refractivity contribution in [3.63, 3.8) is 0 Å². The molecule has 6 nitrogen and oxygen atoms in total. The van der Waals surface area contributed by atoms with E-state index in [9.17, 15) is 4.79 Å². The smallest absolute Gasteiger partial charge is 0.273 e. The van der Waals surface area contributed by atoms with Crippen molar-refractivity contribution in [2.75, 3.05) is 13.7 Å². The van der Waals surface area contributed by atoms with Crippen LogP contribution in [0.25, 0.3) is 17.0 Å². The Hall–Kier alpha value is -3.54. The largest absolute Gasteiger partial charge is 0.497 e. The van der Waals surface area contributed by atoms with Gasteiger partial charge in [-0.2, -0.15) is 5.10 Å². The maximum Gasteiger partial charge on any atom is 0.273 e. The highest BCUT2D eigenvalue weighted by molar-refractivity contribution is 6.28. The van der Waals surface area contributed by atoms with Crippen molar-refractivity contribution in [3.05, 3.63) is 65.9 Å². The first-order valence-electron chi connectivity index (χ1n) is 8.16. The maximum atomic E-state index is 12.2. The van der Waals surface area contributed by atoms with E-state index in [0.29, 0.717) is 17.0 Å². The Kier molecular flexibility index (Phi) is 4.15. The second-order valence-corrected chi connectivity index (χ2v) is 5.81. The molecule has 2 N–H and O–H groups in total. The molecule has 0 unspecified atom stereocenters.